The Morgan fingerprint density at radius 2 is 1.69 bits per heavy atom. The van der Waals surface area contributed by atoms with Gasteiger partial charge in [0.25, 0.3) is 0 Å². The number of hydrogen-bond acceptors (Lipinski definition) is 1. The van der Waals surface area contributed by atoms with Crippen molar-refractivity contribution in [3.63, 3.8) is 0 Å². The van der Waals surface area contributed by atoms with E-state index >= 15 is 0 Å². The number of nitriles is 1. The molecule has 0 spiro atoms. The van der Waals surface area contributed by atoms with Gasteiger partial charge in [0.05, 0.1) is 5.56 Å². The molecule has 0 N–H and O–H groups in total. The fraction of sp³-hybridized carbons (Fsp3) is 0.458. The number of halogens is 1. The second-order valence-electron chi connectivity index (χ2n) is 8.38. The topological polar surface area (TPSA) is 23.8 Å². The Morgan fingerprint density at radius 3 is 2.31 bits per heavy atom. The Bertz CT molecular complexity index is 836. The molecular formula is C24H26FN. The molecule has 1 nitrogen and oxygen atoms in total. The summed E-state index contributed by atoms with van der Waals surface area (Å²) in [5, 5.41) is 9.00. The molecule has 2 heteroatoms. The lowest BCUT2D eigenvalue weighted by molar-refractivity contribution is 0.0323. The predicted octanol–water partition coefficient (Wildman–Crippen LogP) is 6.76. The molecule has 134 valence electrons. The van der Waals surface area contributed by atoms with Crippen LogP contribution < -0.4 is 0 Å². The van der Waals surface area contributed by atoms with Crippen LogP contribution in [0.2, 0.25) is 0 Å². The zero-order chi connectivity index (χ0) is 18.2. The smallest absolute Gasteiger partial charge is 0.141 e. The van der Waals surface area contributed by atoms with Crippen LogP contribution in [0.5, 0.6) is 0 Å². The SMILES string of the molecule is CCCC12CCC(c3ccccc3-c3ccc(C#N)c(F)c3)(CC1)CC2. The Hall–Kier alpha value is -2.14. The number of rotatable bonds is 4. The zero-order valence-electron chi connectivity index (χ0n) is 15.5. The molecule has 0 saturated heterocycles. The average molecular weight is 347 g/mol. The first-order valence-electron chi connectivity index (χ1n) is 9.91. The van der Waals surface area contributed by atoms with Crippen molar-refractivity contribution in [2.75, 3.05) is 0 Å². The first kappa shape index (κ1) is 17.3. The van der Waals surface area contributed by atoms with E-state index in [0.717, 1.165) is 11.1 Å². The molecule has 2 bridgehead atoms. The van der Waals surface area contributed by atoms with Gasteiger partial charge < -0.3 is 0 Å². The summed E-state index contributed by atoms with van der Waals surface area (Å²) in [6.07, 6.45) is 10.4. The maximum absolute atomic E-state index is 14.2. The van der Waals surface area contributed by atoms with Gasteiger partial charge in [-0.2, -0.15) is 5.26 Å². The summed E-state index contributed by atoms with van der Waals surface area (Å²) in [5.74, 6) is -0.424. The van der Waals surface area contributed by atoms with Crippen molar-refractivity contribution in [3.8, 4) is 17.2 Å². The third kappa shape index (κ3) is 2.75. The zero-order valence-corrected chi connectivity index (χ0v) is 15.5. The van der Waals surface area contributed by atoms with Gasteiger partial charge in [0.1, 0.15) is 11.9 Å². The maximum atomic E-state index is 14.2. The lowest BCUT2D eigenvalue weighted by Gasteiger charge is -2.54. The normalized spacial score (nSPS) is 27.3. The second-order valence-corrected chi connectivity index (χ2v) is 8.38. The first-order chi connectivity index (χ1) is 12.6. The molecular weight excluding hydrogens is 321 g/mol. The monoisotopic (exact) mass is 347 g/mol. The molecule has 2 aromatic carbocycles. The van der Waals surface area contributed by atoms with Gasteiger partial charge in [-0.3, -0.25) is 0 Å². The molecule has 0 aliphatic heterocycles. The number of hydrogen-bond donors (Lipinski definition) is 0. The van der Waals surface area contributed by atoms with Crippen molar-refractivity contribution in [2.24, 2.45) is 5.41 Å². The summed E-state index contributed by atoms with van der Waals surface area (Å²) in [5.41, 5.74) is 4.36. The van der Waals surface area contributed by atoms with Gasteiger partial charge in [0.2, 0.25) is 0 Å². The Balaban J connectivity index is 1.72. The van der Waals surface area contributed by atoms with Gasteiger partial charge in [0.15, 0.2) is 0 Å². The largest absolute Gasteiger partial charge is 0.206 e. The van der Waals surface area contributed by atoms with Crippen LogP contribution in [0.15, 0.2) is 42.5 Å². The van der Waals surface area contributed by atoms with Crippen molar-refractivity contribution in [2.45, 2.75) is 63.7 Å². The van der Waals surface area contributed by atoms with E-state index in [4.69, 9.17) is 5.26 Å². The third-order valence-corrected chi connectivity index (χ3v) is 7.08. The molecule has 0 amide bonds. The molecule has 0 radical (unpaired) electrons. The van der Waals surface area contributed by atoms with Gasteiger partial charge in [-0.05, 0) is 84.6 Å². The first-order valence-corrected chi connectivity index (χ1v) is 9.91. The fourth-order valence-corrected chi connectivity index (χ4v) is 5.54. The number of fused-ring (bicyclic) bond motifs is 3. The molecule has 3 fully saturated rings. The Kier molecular flexibility index (Phi) is 4.35. The van der Waals surface area contributed by atoms with E-state index in [0.29, 0.717) is 5.41 Å². The molecule has 26 heavy (non-hydrogen) atoms. The van der Waals surface area contributed by atoms with E-state index in [1.54, 1.807) is 6.07 Å². The highest BCUT2D eigenvalue weighted by molar-refractivity contribution is 5.70. The molecule has 3 saturated carbocycles. The highest BCUT2D eigenvalue weighted by Crippen LogP contribution is 2.60. The predicted molar refractivity (Wildman–Crippen MR) is 103 cm³/mol. The van der Waals surface area contributed by atoms with E-state index in [9.17, 15) is 4.39 Å². The molecule has 5 rings (SSSR count). The molecule has 0 unspecified atom stereocenters. The van der Waals surface area contributed by atoms with Crippen LogP contribution >= 0.6 is 0 Å². The highest BCUT2D eigenvalue weighted by atomic mass is 19.1. The summed E-state index contributed by atoms with van der Waals surface area (Å²) < 4.78 is 14.2. The summed E-state index contributed by atoms with van der Waals surface area (Å²) in [4.78, 5) is 0. The molecule has 3 aliphatic rings. The highest BCUT2D eigenvalue weighted by Gasteiger charge is 2.49. The fourth-order valence-electron chi connectivity index (χ4n) is 5.54. The van der Waals surface area contributed by atoms with Crippen molar-refractivity contribution < 1.29 is 4.39 Å². The van der Waals surface area contributed by atoms with E-state index in [1.807, 2.05) is 18.2 Å². The van der Waals surface area contributed by atoms with E-state index in [-0.39, 0.29) is 11.0 Å². The molecule has 3 aliphatic carbocycles. The van der Waals surface area contributed by atoms with Crippen molar-refractivity contribution in [1.82, 2.24) is 0 Å². The van der Waals surface area contributed by atoms with Gasteiger partial charge in [-0.1, -0.05) is 43.7 Å². The van der Waals surface area contributed by atoms with Gasteiger partial charge in [-0.15, -0.1) is 0 Å². The van der Waals surface area contributed by atoms with Gasteiger partial charge >= 0.3 is 0 Å². The van der Waals surface area contributed by atoms with Gasteiger partial charge in [-0.25, -0.2) is 4.39 Å². The molecule has 0 heterocycles. The summed E-state index contributed by atoms with van der Waals surface area (Å²) >= 11 is 0. The van der Waals surface area contributed by atoms with Crippen LogP contribution in [0.3, 0.4) is 0 Å². The minimum Gasteiger partial charge on any atom is -0.206 e. The third-order valence-electron chi connectivity index (χ3n) is 7.08. The summed E-state index contributed by atoms with van der Waals surface area (Å²) in [6, 6.07) is 15.5. The quantitative estimate of drug-likeness (QED) is 0.599. The number of benzene rings is 2. The standard InChI is InChI=1S/C24H26FN/c1-2-9-23-10-13-24(14-11-23,15-12-23)21-6-4-3-5-20(21)18-7-8-19(17-26)22(25)16-18/h3-8,16H,2,9-15H2,1H3. The van der Waals surface area contributed by atoms with Crippen molar-refractivity contribution in [1.29, 1.82) is 5.26 Å². The Morgan fingerprint density at radius 1 is 1.00 bits per heavy atom. The molecule has 0 atom stereocenters. The molecule has 0 aromatic heterocycles. The average Bonchev–Trinajstić information content (AvgIpc) is 2.69. The van der Waals surface area contributed by atoms with Crippen molar-refractivity contribution >= 4 is 0 Å². The van der Waals surface area contributed by atoms with Crippen LogP contribution in [-0.2, 0) is 5.41 Å². The van der Waals surface area contributed by atoms with Crippen LogP contribution in [0.4, 0.5) is 4.39 Å². The van der Waals surface area contributed by atoms with Crippen molar-refractivity contribution in [3.05, 3.63) is 59.4 Å². The molecule has 2 aromatic rings. The van der Waals surface area contributed by atoms with Crippen LogP contribution in [0.1, 0.15) is 69.4 Å². The summed E-state index contributed by atoms with van der Waals surface area (Å²) in [7, 11) is 0. The summed E-state index contributed by atoms with van der Waals surface area (Å²) in [6.45, 7) is 2.31. The van der Waals surface area contributed by atoms with Crippen LogP contribution in [-0.4, -0.2) is 0 Å². The Labute approximate surface area is 155 Å². The van der Waals surface area contributed by atoms with Gasteiger partial charge in [0, 0.05) is 0 Å². The lowest BCUT2D eigenvalue weighted by Crippen LogP contribution is -2.44. The van der Waals surface area contributed by atoms with E-state index in [2.05, 4.69) is 25.1 Å². The minimum absolute atomic E-state index is 0.115. The minimum atomic E-state index is -0.424. The van der Waals surface area contributed by atoms with Crippen LogP contribution in [0, 0.1) is 22.6 Å². The van der Waals surface area contributed by atoms with E-state index < -0.39 is 5.82 Å². The maximum Gasteiger partial charge on any atom is 0.141 e. The lowest BCUT2D eigenvalue weighted by atomic mass is 9.50. The van der Waals surface area contributed by atoms with E-state index in [1.165, 1.54) is 63.0 Å². The van der Waals surface area contributed by atoms with Crippen LogP contribution in [0.25, 0.3) is 11.1 Å². The number of nitrogens with zero attached hydrogens (tertiary/aromatic N) is 1. The second kappa shape index (κ2) is 6.54.